The molecule has 2 aromatic carbocycles. The summed E-state index contributed by atoms with van der Waals surface area (Å²) < 4.78 is 41.9. The number of carbonyl (C=O) groups excluding carboxylic acids is 2. The molecule has 0 aliphatic carbocycles. The third-order valence-electron chi connectivity index (χ3n) is 5.21. The number of pyridine rings is 1. The first-order valence-electron chi connectivity index (χ1n) is 9.83. The number of hydrogen-bond acceptors (Lipinski definition) is 4. The fourth-order valence-electron chi connectivity index (χ4n) is 3.54. The van der Waals surface area contributed by atoms with Crippen molar-refractivity contribution in [3.8, 4) is 0 Å². The van der Waals surface area contributed by atoms with E-state index in [1.165, 1.54) is 28.9 Å². The highest BCUT2D eigenvalue weighted by atomic mass is 19.2. The molecule has 2 aromatic heterocycles. The van der Waals surface area contributed by atoms with E-state index in [-0.39, 0.29) is 23.3 Å². The van der Waals surface area contributed by atoms with Gasteiger partial charge in [0.2, 0.25) is 5.91 Å². The number of amides is 2. The van der Waals surface area contributed by atoms with Crippen LogP contribution in [0.25, 0.3) is 10.9 Å². The van der Waals surface area contributed by atoms with Crippen molar-refractivity contribution in [2.45, 2.75) is 20.4 Å². The van der Waals surface area contributed by atoms with Crippen molar-refractivity contribution in [1.29, 1.82) is 0 Å². The quantitative estimate of drug-likeness (QED) is 0.479. The Bertz CT molecular complexity index is 1430. The highest BCUT2D eigenvalue weighted by Crippen LogP contribution is 2.24. The van der Waals surface area contributed by atoms with Crippen molar-refractivity contribution in [2.24, 2.45) is 5.73 Å². The van der Waals surface area contributed by atoms with E-state index >= 15 is 0 Å². The minimum atomic E-state index is -0.966. The fourth-order valence-corrected chi connectivity index (χ4v) is 3.54. The van der Waals surface area contributed by atoms with Gasteiger partial charge in [-0.3, -0.25) is 14.3 Å². The molecule has 33 heavy (non-hydrogen) atoms. The van der Waals surface area contributed by atoms with Crippen LogP contribution < -0.4 is 11.1 Å². The van der Waals surface area contributed by atoms with Crippen molar-refractivity contribution < 1.29 is 22.8 Å². The van der Waals surface area contributed by atoms with Crippen LogP contribution in [0.5, 0.6) is 0 Å². The van der Waals surface area contributed by atoms with Gasteiger partial charge in [-0.05, 0) is 49.7 Å². The van der Waals surface area contributed by atoms with E-state index in [0.717, 1.165) is 18.2 Å². The average Bonchev–Trinajstić information content (AvgIpc) is 3.02. The molecule has 0 bridgehead atoms. The lowest BCUT2D eigenvalue weighted by Crippen LogP contribution is -2.18. The molecule has 0 fully saturated rings. The second kappa shape index (κ2) is 8.38. The summed E-state index contributed by atoms with van der Waals surface area (Å²) in [5, 5.41) is 7.38. The average molecular weight is 453 g/mol. The molecule has 0 aliphatic rings. The summed E-state index contributed by atoms with van der Waals surface area (Å²) in [6.07, 6.45) is 0. The second-order valence-corrected chi connectivity index (χ2v) is 7.49. The monoisotopic (exact) mass is 453 g/mol. The Kier molecular flexibility index (Phi) is 5.59. The van der Waals surface area contributed by atoms with Gasteiger partial charge in [0.15, 0.2) is 11.6 Å². The van der Waals surface area contributed by atoms with Gasteiger partial charge in [0.1, 0.15) is 11.5 Å². The Morgan fingerprint density at radius 3 is 2.48 bits per heavy atom. The molecule has 0 radical (unpaired) electrons. The Morgan fingerprint density at radius 2 is 1.79 bits per heavy atom. The van der Waals surface area contributed by atoms with Gasteiger partial charge in [-0.2, -0.15) is 5.10 Å². The number of aryl methyl sites for hydroxylation is 1. The number of primary amides is 1. The highest BCUT2D eigenvalue weighted by molar-refractivity contribution is 6.10. The van der Waals surface area contributed by atoms with Crippen molar-refractivity contribution in [3.63, 3.8) is 0 Å². The summed E-state index contributed by atoms with van der Waals surface area (Å²) in [7, 11) is 0. The van der Waals surface area contributed by atoms with Gasteiger partial charge in [0, 0.05) is 11.5 Å². The number of rotatable bonds is 5. The Hall–Kier alpha value is -4.21. The predicted octanol–water partition coefficient (Wildman–Crippen LogP) is 3.86. The molecule has 2 heterocycles. The van der Waals surface area contributed by atoms with Crippen LogP contribution in [0.3, 0.4) is 0 Å². The van der Waals surface area contributed by atoms with Crippen LogP contribution in [-0.4, -0.2) is 26.6 Å². The number of benzene rings is 2. The second-order valence-electron chi connectivity index (χ2n) is 7.49. The van der Waals surface area contributed by atoms with E-state index in [0.29, 0.717) is 28.0 Å². The number of halogens is 3. The van der Waals surface area contributed by atoms with Crippen LogP contribution in [-0.2, 0) is 6.54 Å². The van der Waals surface area contributed by atoms with Gasteiger partial charge in [0.05, 0.1) is 34.7 Å². The number of anilines is 1. The molecule has 10 heteroatoms. The molecule has 0 atom stereocenters. The maximum absolute atomic E-state index is 13.7. The molecule has 0 spiro atoms. The fraction of sp³-hybridized carbons (Fsp3) is 0.130. The molecular weight excluding hydrogens is 435 g/mol. The Balaban J connectivity index is 1.65. The predicted molar refractivity (Wildman–Crippen MR) is 115 cm³/mol. The number of nitrogens with one attached hydrogen (secondary N) is 1. The topological polar surface area (TPSA) is 103 Å². The van der Waals surface area contributed by atoms with Crippen molar-refractivity contribution in [1.82, 2.24) is 14.8 Å². The first-order chi connectivity index (χ1) is 15.6. The molecule has 0 saturated heterocycles. The Morgan fingerprint density at radius 1 is 1.03 bits per heavy atom. The van der Waals surface area contributed by atoms with Crippen molar-refractivity contribution >= 4 is 28.4 Å². The number of aromatic nitrogens is 3. The van der Waals surface area contributed by atoms with E-state index in [1.54, 1.807) is 13.8 Å². The SMILES string of the molecule is Cc1nn(Cc2ccc(F)c(F)c2)c(C)c1NC(=O)c1cc(C(N)=O)c2ccc(F)cc2n1. The maximum atomic E-state index is 13.7. The van der Waals surface area contributed by atoms with Gasteiger partial charge in [0.25, 0.3) is 5.91 Å². The van der Waals surface area contributed by atoms with Crippen LogP contribution in [0.15, 0.2) is 42.5 Å². The summed E-state index contributed by atoms with van der Waals surface area (Å²) in [6.45, 7) is 3.52. The summed E-state index contributed by atoms with van der Waals surface area (Å²) in [4.78, 5) is 29.0. The van der Waals surface area contributed by atoms with Gasteiger partial charge >= 0.3 is 0 Å². The minimum Gasteiger partial charge on any atom is -0.366 e. The van der Waals surface area contributed by atoms with Gasteiger partial charge < -0.3 is 11.1 Å². The van der Waals surface area contributed by atoms with E-state index < -0.39 is 29.3 Å². The largest absolute Gasteiger partial charge is 0.366 e. The van der Waals surface area contributed by atoms with Crippen LogP contribution >= 0.6 is 0 Å². The Labute approximate surface area is 186 Å². The van der Waals surface area contributed by atoms with Crippen LogP contribution in [0.4, 0.5) is 18.9 Å². The van der Waals surface area contributed by atoms with E-state index in [4.69, 9.17) is 5.73 Å². The number of hydrogen-bond donors (Lipinski definition) is 2. The summed E-state index contributed by atoms with van der Waals surface area (Å²) in [5.41, 5.74) is 7.36. The minimum absolute atomic E-state index is 0.0348. The standard InChI is InChI=1S/C23H18F3N5O2/c1-11-21(12(2)31(30-11)10-13-3-6-17(25)18(26)7-13)29-23(33)20-9-16(22(27)32)15-5-4-14(24)8-19(15)28-20/h3-9H,10H2,1-2H3,(H2,27,32)(H,29,33). The first-order valence-corrected chi connectivity index (χ1v) is 9.83. The molecule has 3 N–H and O–H groups in total. The van der Waals surface area contributed by atoms with Crippen molar-refractivity contribution in [2.75, 3.05) is 5.32 Å². The molecule has 4 rings (SSSR count). The van der Waals surface area contributed by atoms with Gasteiger partial charge in [-0.1, -0.05) is 6.07 Å². The molecule has 0 saturated carbocycles. The molecule has 0 aliphatic heterocycles. The summed E-state index contributed by atoms with van der Waals surface area (Å²) >= 11 is 0. The zero-order chi connectivity index (χ0) is 23.9. The summed E-state index contributed by atoms with van der Waals surface area (Å²) in [6, 6.07) is 8.44. The van der Waals surface area contributed by atoms with Crippen LogP contribution in [0.1, 0.15) is 37.8 Å². The van der Waals surface area contributed by atoms with Crippen LogP contribution in [0.2, 0.25) is 0 Å². The number of carbonyl (C=O) groups is 2. The summed E-state index contributed by atoms with van der Waals surface area (Å²) in [5.74, 6) is -3.92. The van der Waals surface area contributed by atoms with E-state index in [9.17, 15) is 22.8 Å². The highest BCUT2D eigenvalue weighted by Gasteiger charge is 2.19. The number of nitrogens with zero attached hydrogens (tertiary/aromatic N) is 3. The normalized spacial score (nSPS) is 11.1. The first kappa shape index (κ1) is 22.0. The van der Waals surface area contributed by atoms with E-state index in [2.05, 4.69) is 15.4 Å². The zero-order valence-corrected chi connectivity index (χ0v) is 17.6. The van der Waals surface area contributed by atoms with Crippen molar-refractivity contribution in [3.05, 3.63) is 88.1 Å². The molecule has 2 amide bonds. The molecule has 168 valence electrons. The third kappa shape index (κ3) is 4.27. The van der Waals surface area contributed by atoms with Gasteiger partial charge in [-0.15, -0.1) is 0 Å². The molecule has 7 nitrogen and oxygen atoms in total. The zero-order valence-electron chi connectivity index (χ0n) is 17.6. The van der Waals surface area contributed by atoms with Crippen LogP contribution in [0, 0.1) is 31.3 Å². The number of nitrogens with two attached hydrogens (primary N) is 1. The molecule has 4 aromatic rings. The lowest BCUT2D eigenvalue weighted by atomic mass is 10.1. The number of fused-ring (bicyclic) bond motifs is 1. The van der Waals surface area contributed by atoms with Gasteiger partial charge in [-0.25, -0.2) is 18.2 Å². The molecular formula is C23H18F3N5O2. The van der Waals surface area contributed by atoms with E-state index in [1.807, 2.05) is 0 Å². The smallest absolute Gasteiger partial charge is 0.274 e. The third-order valence-corrected chi connectivity index (χ3v) is 5.21. The molecule has 0 unspecified atom stereocenters. The lowest BCUT2D eigenvalue weighted by Gasteiger charge is -2.09. The maximum Gasteiger partial charge on any atom is 0.274 e. The lowest BCUT2D eigenvalue weighted by molar-refractivity contribution is 0.100.